The van der Waals surface area contributed by atoms with E-state index in [0.717, 1.165) is 12.8 Å². The minimum absolute atomic E-state index is 0.179. The number of Topliss-reactive ketones (excluding diaryl/α,β-unsaturated/α-hetero) is 1. The first-order valence-electron chi connectivity index (χ1n) is 6.88. The number of rotatable bonds is 8. The summed E-state index contributed by atoms with van der Waals surface area (Å²) in [4.78, 5) is 12.8. The summed E-state index contributed by atoms with van der Waals surface area (Å²) in [6, 6.07) is 8.77. The van der Waals surface area contributed by atoms with Crippen LogP contribution in [-0.4, -0.2) is 11.5 Å². The second-order valence-corrected chi connectivity index (χ2v) is 6.14. The molecule has 2 heteroatoms. The molecule has 0 atom stereocenters. The molecule has 0 unspecified atom stereocenters. The lowest BCUT2D eigenvalue weighted by atomic mass is 10.0. The Labute approximate surface area is 115 Å². The van der Waals surface area contributed by atoms with E-state index < -0.39 is 0 Å². The number of hydrogen-bond donors (Lipinski definition) is 0. The first-order chi connectivity index (χ1) is 8.63. The van der Waals surface area contributed by atoms with Crippen LogP contribution in [0.1, 0.15) is 45.6 Å². The number of benzene rings is 1. The van der Waals surface area contributed by atoms with Crippen molar-refractivity contribution in [2.45, 2.75) is 51.3 Å². The molecule has 0 radical (unpaired) electrons. The van der Waals surface area contributed by atoms with Gasteiger partial charge in [0.25, 0.3) is 0 Å². The molecule has 0 N–H and O–H groups in total. The van der Waals surface area contributed by atoms with Crippen molar-refractivity contribution in [3.63, 3.8) is 0 Å². The molecule has 0 fully saturated rings. The van der Waals surface area contributed by atoms with Crippen LogP contribution >= 0.6 is 11.8 Å². The van der Waals surface area contributed by atoms with Gasteiger partial charge >= 0.3 is 0 Å². The van der Waals surface area contributed by atoms with Crippen molar-refractivity contribution < 1.29 is 4.79 Å². The zero-order valence-corrected chi connectivity index (χ0v) is 12.6. The quantitative estimate of drug-likeness (QED) is 0.631. The SMILES string of the molecule is CCCSc1ccc(CCCC(=O)C(C)C)cc1. The van der Waals surface area contributed by atoms with Crippen LogP contribution in [0.25, 0.3) is 0 Å². The Morgan fingerprint density at radius 3 is 2.44 bits per heavy atom. The molecular formula is C16H24OS. The molecule has 1 rings (SSSR count). The van der Waals surface area contributed by atoms with Crippen molar-refractivity contribution in [3.8, 4) is 0 Å². The van der Waals surface area contributed by atoms with E-state index in [1.54, 1.807) is 0 Å². The van der Waals surface area contributed by atoms with Crippen molar-refractivity contribution in [1.29, 1.82) is 0 Å². The Bertz CT molecular complexity index is 354. The van der Waals surface area contributed by atoms with Gasteiger partial charge in [-0.2, -0.15) is 0 Å². The highest BCUT2D eigenvalue weighted by Gasteiger charge is 2.06. The van der Waals surface area contributed by atoms with E-state index in [-0.39, 0.29) is 5.92 Å². The average Bonchev–Trinajstić information content (AvgIpc) is 2.37. The van der Waals surface area contributed by atoms with Crippen molar-refractivity contribution in [2.24, 2.45) is 5.92 Å². The number of thioether (sulfide) groups is 1. The third-order valence-corrected chi connectivity index (χ3v) is 4.15. The zero-order chi connectivity index (χ0) is 13.4. The molecule has 0 aliphatic heterocycles. The zero-order valence-electron chi connectivity index (χ0n) is 11.7. The standard InChI is InChI=1S/C16H24OS/c1-4-12-18-15-10-8-14(9-11-15)6-5-7-16(17)13(2)3/h8-11,13H,4-7,12H2,1-3H3. The highest BCUT2D eigenvalue weighted by molar-refractivity contribution is 7.99. The minimum atomic E-state index is 0.179. The van der Waals surface area contributed by atoms with Crippen molar-refractivity contribution in [2.75, 3.05) is 5.75 Å². The molecule has 1 aromatic carbocycles. The predicted molar refractivity (Wildman–Crippen MR) is 80.2 cm³/mol. The fourth-order valence-corrected chi connectivity index (χ4v) is 2.50. The van der Waals surface area contributed by atoms with Gasteiger partial charge in [0.15, 0.2) is 0 Å². The summed E-state index contributed by atoms with van der Waals surface area (Å²) < 4.78 is 0. The minimum Gasteiger partial charge on any atom is -0.299 e. The molecule has 0 aliphatic rings. The molecule has 0 bridgehead atoms. The summed E-state index contributed by atoms with van der Waals surface area (Å²) in [6.45, 7) is 6.15. The van der Waals surface area contributed by atoms with Crippen molar-refractivity contribution in [1.82, 2.24) is 0 Å². The Morgan fingerprint density at radius 2 is 1.89 bits per heavy atom. The summed E-state index contributed by atoms with van der Waals surface area (Å²) in [5, 5.41) is 0. The molecule has 0 aliphatic carbocycles. The van der Waals surface area contributed by atoms with E-state index in [1.807, 2.05) is 25.6 Å². The van der Waals surface area contributed by atoms with Gasteiger partial charge in [0.2, 0.25) is 0 Å². The van der Waals surface area contributed by atoms with Crippen LogP contribution < -0.4 is 0 Å². The molecule has 18 heavy (non-hydrogen) atoms. The van der Waals surface area contributed by atoms with Gasteiger partial charge in [-0.05, 0) is 42.7 Å². The lowest BCUT2D eigenvalue weighted by Crippen LogP contribution is -2.06. The van der Waals surface area contributed by atoms with Crippen LogP contribution in [0.4, 0.5) is 0 Å². The summed E-state index contributed by atoms with van der Waals surface area (Å²) in [7, 11) is 0. The summed E-state index contributed by atoms with van der Waals surface area (Å²) in [5.41, 5.74) is 1.34. The van der Waals surface area contributed by atoms with Crippen LogP contribution in [0.15, 0.2) is 29.2 Å². The Balaban J connectivity index is 2.33. The fraction of sp³-hybridized carbons (Fsp3) is 0.562. The third-order valence-electron chi connectivity index (χ3n) is 2.93. The average molecular weight is 264 g/mol. The predicted octanol–water partition coefficient (Wildman–Crippen LogP) is 4.74. The first-order valence-corrected chi connectivity index (χ1v) is 7.86. The number of carbonyl (C=O) groups is 1. The summed E-state index contributed by atoms with van der Waals surface area (Å²) >= 11 is 1.91. The molecule has 0 saturated heterocycles. The van der Waals surface area contributed by atoms with Crippen molar-refractivity contribution in [3.05, 3.63) is 29.8 Å². The maximum absolute atomic E-state index is 11.5. The van der Waals surface area contributed by atoms with E-state index in [9.17, 15) is 4.79 Å². The van der Waals surface area contributed by atoms with Crippen LogP contribution in [-0.2, 0) is 11.2 Å². The Morgan fingerprint density at radius 1 is 1.22 bits per heavy atom. The maximum atomic E-state index is 11.5. The lowest BCUT2D eigenvalue weighted by molar-refractivity contribution is -0.121. The number of ketones is 1. The topological polar surface area (TPSA) is 17.1 Å². The number of carbonyl (C=O) groups excluding carboxylic acids is 1. The lowest BCUT2D eigenvalue weighted by Gasteiger charge is -2.05. The normalized spacial score (nSPS) is 10.9. The van der Waals surface area contributed by atoms with E-state index in [2.05, 4.69) is 31.2 Å². The third kappa shape index (κ3) is 5.72. The fourth-order valence-electron chi connectivity index (χ4n) is 1.73. The smallest absolute Gasteiger partial charge is 0.135 e. The van der Waals surface area contributed by atoms with E-state index in [1.165, 1.54) is 22.6 Å². The van der Waals surface area contributed by atoms with E-state index in [0.29, 0.717) is 12.2 Å². The number of hydrogen-bond acceptors (Lipinski definition) is 2. The second-order valence-electron chi connectivity index (χ2n) is 4.97. The van der Waals surface area contributed by atoms with E-state index >= 15 is 0 Å². The molecule has 1 nitrogen and oxygen atoms in total. The molecule has 0 spiro atoms. The Hall–Kier alpha value is -0.760. The maximum Gasteiger partial charge on any atom is 0.135 e. The van der Waals surface area contributed by atoms with E-state index in [4.69, 9.17) is 0 Å². The summed E-state index contributed by atoms with van der Waals surface area (Å²) in [5.74, 6) is 1.74. The van der Waals surface area contributed by atoms with Crippen molar-refractivity contribution >= 4 is 17.5 Å². The van der Waals surface area contributed by atoms with Gasteiger partial charge in [-0.3, -0.25) is 4.79 Å². The molecule has 0 amide bonds. The molecule has 0 heterocycles. The molecule has 0 aromatic heterocycles. The van der Waals surface area contributed by atoms with Gasteiger partial charge < -0.3 is 0 Å². The largest absolute Gasteiger partial charge is 0.299 e. The number of aryl methyl sites for hydroxylation is 1. The monoisotopic (exact) mass is 264 g/mol. The van der Waals surface area contributed by atoms with Crippen LogP contribution in [0.3, 0.4) is 0 Å². The molecule has 1 aromatic rings. The van der Waals surface area contributed by atoms with Gasteiger partial charge in [-0.1, -0.05) is 32.9 Å². The van der Waals surface area contributed by atoms with Crippen LogP contribution in [0.5, 0.6) is 0 Å². The van der Waals surface area contributed by atoms with Gasteiger partial charge in [-0.25, -0.2) is 0 Å². The van der Waals surface area contributed by atoms with Crippen LogP contribution in [0, 0.1) is 5.92 Å². The first kappa shape index (κ1) is 15.3. The van der Waals surface area contributed by atoms with Crippen LogP contribution in [0.2, 0.25) is 0 Å². The Kier molecular flexibility index (Phi) is 7.11. The molecular weight excluding hydrogens is 240 g/mol. The van der Waals surface area contributed by atoms with Gasteiger partial charge in [0.05, 0.1) is 0 Å². The molecule has 0 saturated carbocycles. The molecule has 100 valence electrons. The van der Waals surface area contributed by atoms with Gasteiger partial charge in [-0.15, -0.1) is 11.8 Å². The summed E-state index contributed by atoms with van der Waals surface area (Å²) in [6.07, 6.45) is 3.91. The van der Waals surface area contributed by atoms with Gasteiger partial charge in [0.1, 0.15) is 5.78 Å². The highest BCUT2D eigenvalue weighted by atomic mass is 32.2. The second kappa shape index (κ2) is 8.36. The van der Waals surface area contributed by atoms with Gasteiger partial charge in [0, 0.05) is 17.2 Å². The highest BCUT2D eigenvalue weighted by Crippen LogP contribution is 2.19.